The molecule has 38 heavy (non-hydrogen) atoms. The van der Waals surface area contributed by atoms with Gasteiger partial charge in [-0.25, -0.2) is 0 Å². The van der Waals surface area contributed by atoms with Gasteiger partial charge in [-0.1, -0.05) is 43.5 Å². The molecule has 8 nitrogen and oxygen atoms in total. The molecule has 9 heteroatoms. The SMILES string of the molecule is CC(=O)O.Oc1c2cccc1OCCCCCCCOc1cccc(c1O)C=Nc1ccccc1N=C2.[Mn+2]. The molecule has 0 aliphatic carbocycles. The van der Waals surface area contributed by atoms with Gasteiger partial charge in [0.15, 0.2) is 23.0 Å². The quantitative estimate of drug-likeness (QED) is 0.274. The van der Waals surface area contributed by atoms with Gasteiger partial charge in [0.25, 0.3) is 5.97 Å². The molecule has 3 N–H and O–H groups in total. The molecule has 0 saturated heterocycles. The number of aliphatic carboxylic acids is 1. The van der Waals surface area contributed by atoms with E-state index in [9.17, 15) is 10.2 Å². The number of carboxylic acid groups (broad SMARTS) is 1. The van der Waals surface area contributed by atoms with Crippen LogP contribution >= 0.6 is 0 Å². The molecule has 1 heterocycles. The van der Waals surface area contributed by atoms with Gasteiger partial charge in [-0.05, 0) is 49.2 Å². The van der Waals surface area contributed by atoms with Gasteiger partial charge in [-0.3, -0.25) is 14.8 Å². The summed E-state index contributed by atoms with van der Waals surface area (Å²) in [6.45, 7) is 2.17. The van der Waals surface area contributed by atoms with Crippen LogP contribution in [0.2, 0.25) is 0 Å². The van der Waals surface area contributed by atoms with E-state index in [0.717, 1.165) is 39.0 Å². The normalized spacial score (nSPS) is 13.6. The maximum absolute atomic E-state index is 10.6. The summed E-state index contributed by atoms with van der Waals surface area (Å²) in [4.78, 5) is 18.1. The average Bonchev–Trinajstić information content (AvgIpc) is 2.87. The first-order chi connectivity index (χ1) is 18.0. The third-order valence-electron chi connectivity index (χ3n) is 5.43. The minimum Gasteiger partial charge on any atom is -0.504 e. The van der Waals surface area contributed by atoms with E-state index in [-0.39, 0.29) is 28.6 Å². The van der Waals surface area contributed by atoms with E-state index in [1.807, 2.05) is 36.4 Å². The fourth-order valence-electron chi connectivity index (χ4n) is 3.58. The number of aliphatic imine (C=N–C) groups is 2. The summed E-state index contributed by atoms with van der Waals surface area (Å²) in [7, 11) is 0. The maximum atomic E-state index is 10.6. The average molecular weight is 560 g/mol. The van der Waals surface area contributed by atoms with E-state index in [1.54, 1.807) is 36.7 Å². The van der Waals surface area contributed by atoms with Gasteiger partial charge in [0.2, 0.25) is 0 Å². The Labute approximate surface area is 233 Å². The Hall–Kier alpha value is -3.81. The number of phenols is 2. The first-order valence-electron chi connectivity index (χ1n) is 12.2. The number of ether oxygens (including phenoxy) is 2. The molecule has 3 aromatic carbocycles. The number of carbonyl (C=O) groups is 1. The topological polar surface area (TPSA) is 121 Å². The van der Waals surface area contributed by atoms with Crippen LogP contribution in [0.3, 0.4) is 0 Å². The Morgan fingerprint density at radius 2 is 1.08 bits per heavy atom. The van der Waals surface area contributed by atoms with Crippen LogP contribution in [0.25, 0.3) is 0 Å². The second-order valence-corrected chi connectivity index (χ2v) is 8.38. The zero-order chi connectivity index (χ0) is 26.5. The molecule has 3 aromatic rings. The van der Waals surface area contributed by atoms with Crippen molar-refractivity contribution in [3.63, 3.8) is 0 Å². The summed E-state index contributed by atoms with van der Waals surface area (Å²) < 4.78 is 11.6. The minimum atomic E-state index is -0.833. The van der Waals surface area contributed by atoms with E-state index in [1.165, 1.54) is 0 Å². The number of hydrogen-bond donors (Lipinski definition) is 3. The van der Waals surface area contributed by atoms with Crippen LogP contribution in [-0.4, -0.2) is 46.9 Å². The van der Waals surface area contributed by atoms with Crippen molar-refractivity contribution < 1.29 is 46.7 Å². The smallest absolute Gasteiger partial charge is 0.504 e. The van der Waals surface area contributed by atoms with Crippen molar-refractivity contribution in [2.24, 2.45) is 9.98 Å². The Morgan fingerprint density at radius 1 is 0.684 bits per heavy atom. The summed E-state index contributed by atoms with van der Waals surface area (Å²) in [5.74, 6) is 0.234. The number of phenolic OH excluding ortho intramolecular Hbond substituents is 2. The number of nitrogens with zero attached hydrogens (tertiary/aromatic N) is 2. The van der Waals surface area contributed by atoms with Crippen molar-refractivity contribution in [2.45, 2.75) is 39.0 Å². The standard InChI is InChI=1S/C27H28N2O4.C2H4O2.Mn/c30-26-20-10-8-14-24(26)32-16-6-2-1-3-7-17-33-25-15-9-11-21(27(25)31)19-29-23-13-5-4-12-22(23)28-18-20;1-2(3)4;/h4-5,8-15,18-19,30-31H,1-3,6-7,16-17H2;1H3,(H,3,4);/q;;+2. The van der Waals surface area contributed by atoms with Crippen LogP contribution in [0, 0.1) is 0 Å². The van der Waals surface area contributed by atoms with Crippen molar-refractivity contribution in [3.05, 3.63) is 71.8 Å². The zero-order valence-electron chi connectivity index (χ0n) is 21.2. The van der Waals surface area contributed by atoms with Crippen LogP contribution < -0.4 is 9.47 Å². The maximum Gasteiger partial charge on any atom is 2.00 e. The molecular formula is C29H32MnN2O6+2. The van der Waals surface area contributed by atoms with E-state index in [0.29, 0.717) is 47.2 Å². The van der Waals surface area contributed by atoms with Gasteiger partial charge in [0.05, 0.1) is 24.6 Å². The van der Waals surface area contributed by atoms with E-state index < -0.39 is 5.97 Å². The van der Waals surface area contributed by atoms with Gasteiger partial charge < -0.3 is 24.8 Å². The van der Waals surface area contributed by atoms with Gasteiger partial charge >= 0.3 is 17.1 Å². The van der Waals surface area contributed by atoms with Crippen LogP contribution in [0.4, 0.5) is 11.4 Å². The molecule has 4 bridgehead atoms. The Kier molecular flexibility index (Phi) is 12.9. The molecule has 4 rings (SSSR count). The number of rotatable bonds is 0. The van der Waals surface area contributed by atoms with Crippen molar-refractivity contribution in [2.75, 3.05) is 13.2 Å². The second-order valence-electron chi connectivity index (χ2n) is 8.38. The fraction of sp³-hybridized carbons (Fsp3) is 0.276. The number of benzene rings is 3. The van der Waals surface area contributed by atoms with Gasteiger partial charge in [0.1, 0.15) is 0 Å². The predicted octanol–water partition coefficient (Wildman–Crippen LogP) is 6.41. The molecule has 0 amide bonds. The summed E-state index contributed by atoms with van der Waals surface area (Å²) in [6.07, 6.45) is 8.17. The van der Waals surface area contributed by atoms with Crippen LogP contribution in [0.5, 0.6) is 23.0 Å². The molecule has 0 spiro atoms. The molecule has 1 aliphatic rings. The zero-order valence-corrected chi connectivity index (χ0v) is 22.4. The summed E-state index contributed by atoms with van der Waals surface area (Å²) >= 11 is 0. The summed E-state index contributed by atoms with van der Waals surface area (Å²) in [5.41, 5.74) is 2.41. The second kappa shape index (κ2) is 16.1. The monoisotopic (exact) mass is 559 g/mol. The Bertz CT molecular complexity index is 1150. The van der Waals surface area contributed by atoms with Crippen LogP contribution in [-0.2, 0) is 21.9 Å². The fourth-order valence-corrected chi connectivity index (χ4v) is 3.58. The number of aromatic hydroxyl groups is 2. The Balaban J connectivity index is 0.000000947. The van der Waals surface area contributed by atoms with Crippen LogP contribution in [0.15, 0.2) is 70.6 Å². The molecule has 1 radical (unpaired) electrons. The summed E-state index contributed by atoms with van der Waals surface area (Å²) in [6, 6.07) is 18.2. The predicted molar refractivity (Wildman–Crippen MR) is 145 cm³/mol. The molecule has 199 valence electrons. The van der Waals surface area contributed by atoms with Crippen LogP contribution in [0.1, 0.15) is 50.2 Å². The van der Waals surface area contributed by atoms with Gasteiger partial charge in [-0.15, -0.1) is 0 Å². The number of carboxylic acids is 1. The minimum absolute atomic E-state index is 0. The van der Waals surface area contributed by atoms with E-state index in [4.69, 9.17) is 19.4 Å². The Morgan fingerprint density at radius 3 is 1.50 bits per heavy atom. The molecule has 1 aliphatic heterocycles. The first kappa shape index (κ1) is 30.4. The van der Waals surface area contributed by atoms with E-state index >= 15 is 0 Å². The molecule has 0 unspecified atom stereocenters. The summed E-state index contributed by atoms with van der Waals surface area (Å²) in [5, 5.41) is 28.6. The number of para-hydroxylation sites is 4. The van der Waals surface area contributed by atoms with Crippen molar-refractivity contribution >= 4 is 29.8 Å². The third kappa shape index (κ3) is 9.57. The first-order valence-corrected chi connectivity index (χ1v) is 12.2. The van der Waals surface area contributed by atoms with E-state index in [2.05, 4.69) is 9.98 Å². The molecular weight excluding hydrogens is 527 g/mol. The molecule has 0 fully saturated rings. The number of hydrogen-bond acceptors (Lipinski definition) is 7. The van der Waals surface area contributed by atoms with Gasteiger partial charge in [-0.2, -0.15) is 0 Å². The van der Waals surface area contributed by atoms with Gasteiger partial charge in [0, 0.05) is 30.5 Å². The molecule has 0 aromatic heterocycles. The largest absolute Gasteiger partial charge is 2.00 e. The number of fused-ring (bicyclic) bond motifs is 5. The molecule has 0 saturated carbocycles. The molecule has 0 atom stereocenters. The van der Waals surface area contributed by atoms with Crippen molar-refractivity contribution in [1.29, 1.82) is 0 Å². The third-order valence-corrected chi connectivity index (χ3v) is 5.43. The van der Waals surface area contributed by atoms with Crippen molar-refractivity contribution in [1.82, 2.24) is 0 Å². The van der Waals surface area contributed by atoms with Crippen molar-refractivity contribution in [3.8, 4) is 23.0 Å².